The maximum Gasteiger partial charge on any atom is 0.320 e. The molecule has 2 aliphatic rings. The largest absolute Gasteiger partial charge is 0.463 e. The molecule has 2 N–H and O–H groups in total. The van der Waals surface area contributed by atoms with Gasteiger partial charge < -0.3 is 15.3 Å². The number of amidine groups is 1. The molecule has 0 atom stereocenters. The first kappa shape index (κ1) is 26.1. The first-order valence-electron chi connectivity index (χ1n) is 12.0. The lowest BCUT2D eigenvalue weighted by Gasteiger charge is -2.32. The van der Waals surface area contributed by atoms with Crippen molar-refractivity contribution < 1.29 is 14.4 Å². The average molecular weight is 481 g/mol. The van der Waals surface area contributed by atoms with Gasteiger partial charge in [0.2, 0.25) is 5.88 Å². The quantitative estimate of drug-likeness (QED) is 0.290. The molecule has 1 aromatic heterocycles. The normalized spacial score (nSPS) is 17.2. The fourth-order valence-electron chi connectivity index (χ4n) is 4.32. The number of carbonyl (C=O) groups excluding carboxylic acids is 1. The highest BCUT2D eigenvalue weighted by Gasteiger charge is 2.35. The Hall–Kier alpha value is -3.49. The monoisotopic (exact) mass is 480 g/mol. The van der Waals surface area contributed by atoms with Crippen LogP contribution in [-0.4, -0.2) is 52.7 Å². The Morgan fingerprint density at radius 3 is 2.46 bits per heavy atom. The summed E-state index contributed by atoms with van der Waals surface area (Å²) < 4.78 is 6.13. The summed E-state index contributed by atoms with van der Waals surface area (Å²) in [5, 5.41) is 1.28. The van der Waals surface area contributed by atoms with Crippen LogP contribution in [0.3, 0.4) is 0 Å². The zero-order valence-electron chi connectivity index (χ0n) is 21.5. The number of aliphatic imine (C=N–C) groups is 2. The smallest absolute Gasteiger partial charge is 0.320 e. The van der Waals surface area contributed by atoms with Gasteiger partial charge >= 0.3 is 6.47 Å². The van der Waals surface area contributed by atoms with Gasteiger partial charge in [-0.15, -0.1) is 0 Å². The van der Waals surface area contributed by atoms with Crippen LogP contribution in [0.1, 0.15) is 75.7 Å². The molecule has 1 aromatic carbocycles. The number of hydrogen-bond donors (Lipinski definition) is 1. The first-order valence-corrected chi connectivity index (χ1v) is 12.0. The van der Waals surface area contributed by atoms with Gasteiger partial charge in [-0.1, -0.05) is 43.5 Å². The predicted octanol–water partition coefficient (Wildman–Crippen LogP) is 4.76. The Labute approximate surface area is 207 Å². The summed E-state index contributed by atoms with van der Waals surface area (Å²) in [6.07, 6.45) is 6.66. The van der Waals surface area contributed by atoms with Crippen molar-refractivity contribution in [3.63, 3.8) is 0 Å². The average Bonchev–Trinajstić information content (AvgIpc) is 2.83. The lowest BCUT2D eigenvalue weighted by molar-refractivity contribution is -0.151. The Morgan fingerprint density at radius 1 is 1.20 bits per heavy atom. The summed E-state index contributed by atoms with van der Waals surface area (Å²) in [4.78, 5) is 31.3. The van der Waals surface area contributed by atoms with Crippen LogP contribution in [0.15, 0.2) is 34.3 Å². The summed E-state index contributed by atoms with van der Waals surface area (Å²) in [5.74, 6) is 2.76. The van der Waals surface area contributed by atoms with Crippen molar-refractivity contribution in [2.75, 3.05) is 19.8 Å². The van der Waals surface area contributed by atoms with E-state index >= 15 is 0 Å². The third-order valence-corrected chi connectivity index (χ3v) is 6.38. The van der Waals surface area contributed by atoms with Gasteiger partial charge in [-0.3, -0.25) is 9.79 Å². The van der Waals surface area contributed by atoms with Crippen molar-refractivity contribution in [3.05, 3.63) is 41.2 Å². The molecule has 0 amide bonds. The Kier molecular flexibility index (Phi) is 8.43. The highest BCUT2D eigenvalue weighted by molar-refractivity contribution is 6.09. The van der Waals surface area contributed by atoms with Gasteiger partial charge in [0, 0.05) is 19.7 Å². The van der Waals surface area contributed by atoms with E-state index in [1.165, 1.54) is 42.7 Å². The molecule has 2 heterocycles. The topological polar surface area (TPSA) is 115 Å². The third-order valence-electron chi connectivity index (χ3n) is 6.38. The van der Waals surface area contributed by atoms with Crippen LogP contribution >= 0.6 is 0 Å². The van der Waals surface area contributed by atoms with E-state index in [2.05, 4.69) is 44.1 Å². The van der Waals surface area contributed by atoms with Crippen molar-refractivity contribution in [2.45, 2.75) is 71.3 Å². The maximum absolute atomic E-state index is 9.72. The van der Waals surface area contributed by atoms with Crippen LogP contribution < -0.4 is 10.5 Å². The summed E-state index contributed by atoms with van der Waals surface area (Å²) in [6, 6.07) is 8.80. The number of nitrogens with zero attached hydrogens (tertiary/aromatic N) is 5. The lowest BCUT2D eigenvalue weighted by Crippen LogP contribution is -2.41. The van der Waals surface area contributed by atoms with Crippen molar-refractivity contribution in [1.82, 2.24) is 15.0 Å². The zero-order valence-corrected chi connectivity index (χ0v) is 21.5. The molecule has 1 fully saturated rings. The van der Waals surface area contributed by atoms with E-state index in [0.717, 1.165) is 11.3 Å². The number of rotatable bonds is 4. The van der Waals surface area contributed by atoms with E-state index < -0.39 is 5.60 Å². The minimum Gasteiger partial charge on any atom is -0.463 e. The molecule has 1 saturated carbocycles. The number of ether oxygens (including phenoxy) is 1. The molecule has 0 radical (unpaired) electrons. The van der Waals surface area contributed by atoms with E-state index in [0.29, 0.717) is 41.4 Å². The molecule has 0 saturated heterocycles. The van der Waals surface area contributed by atoms with E-state index in [4.69, 9.17) is 15.5 Å². The number of anilines is 1. The van der Waals surface area contributed by atoms with Crippen molar-refractivity contribution >= 4 is 29.5 Å². The second kappa shape index (κ2) is 11.3. The van der Waals surface area contributed by atoms with E-state index in [-0.39, 0.29) is 0 Å². The Balaban J connectivity index is 0.000000327. The molecule has 2 aromatic rings. The van der Waals surface area contributed by atoms with Gasteiger partial charge in [0.05, 0.1) is 5.71 Å². The van der Waals surface area contributed by atoms with E-state index in [9.17, 15) is 4.79 Å². The molecular formula is C26H36N6O3. The Morgan fingerprint density at radius 2 is 1.86 bits per heavy atom. The first-order chi connectivity index (χ1) is 16.7. The molecule has 35 heavy (non-hydrogen) atoms. The molecule has 188 valence electrons. The number of nitrogen functional groups attached to an aromatic ring is 1. The summed E-state index contributed by atoms with van der Waals surface area (Å²) in [5.41, 5.74) is 9.36. The summed E-state index contributed by atoms with van der Waals surface area (Å²) in [7, 11) is 3.23. The fourth-order valence-corrected chi connectivity index (χ4v) is 4.32. The van der Waals surface area contributed by atoms with Crippen molar-refractivity contribution in [2.24, 2.45) is 9.98 Å². The molecule has 9 nitrogen and oxygen atoms in total. The molecule has 4 rings (SSSR count). The van der Waals surface area contributed by atoms with Gasteiger partial charge in [-0.05, 0) is 52.0 Å². The number of aromatic nitrogens is 2. The van der Waals surface area contributed by atoms with Gasteiger partial charge in [-0.2, -0.15) is 10.0 Å². The lowest BCUT2D eigenvalue weighted by atomic mass is 9.83. The maximum atomic E-state index is 9.72. The van der Waals surface area contributed by atoms with Crippen LogP contribution in [0.2, 0.25) is 0 Å². The third kappa shape index (κ3) is 6.35. The van der Waals surface area contributed by atoms with Crippen LogP contribution in [-0.2, 0) is 9.63 Å². The van der Waals surface area contributed by atoms with Gasteiger partial charge in [-0.25, -0.2) is 9.98 Å². The van der Waals surface area contributed by atoms with E-state index in [1.807, 2.05) is 13.8 Å². The predicted molar refractivity (Wildman–Crippen MR) is 138 cm³/mol. The number of carbonyl (C=O) groups is 1. The molecule has 0 unspecified atom stereocenters. The number of hydroxylamine groups is 2. The number of benzene rings is 1. The second-order valence-electron chi connectivity index (χ2n) is 9.31. The van der Waals surface area contributed by atoms with Crippen LogP contribution in [0.25, 0.3) is 0 Å². The molecule has 0 bridgehead atoms. The minimum absolute atomic E-state index is 0.356. The molecule has 1 aliphatic carbocycles. The van der Waals surface area contributed by atoms with Crippen LogP contribution in [0.4, 0.5) is 11.5 Å². The minimum atomic E-state index is -0.577. The zero-order chi connectivity index (χ0) is 25.6. The standard InChI is InChI=1S/C21H26N4O.C5H10N2O2/c1-13-23-19(22)17-20(24-13)26-21(2,3)18(25-17)16-11-9-15(10-12-16)14-7-5-4-6-8-14;1-5(6-2)7(3)9-4-8/h9-12,14H,4-8H2,1-3H3,(H2,22,23,24);4H,1-3H3. The van der Waals surface area contributed by atoms with Crippen LogP contribution in [0.5, 0.6) is 5.88 Å². The number of nitrogens with two attached hydrogens (primary N) is 1. The molecular weight excluding hydrogens is 444 g/mol. The highest BCUT2D eigenvalue weighted by atomic mass is 16.7. The fraction of sp³-hybridized carbons (Fsp3) is 0.500. The second-order valence-corrected chi connectivity index (χ2v) is 9.31. The number of fused-ring (bicyclic) bond motifs is 1. The van der Waals surface area contributed by atoms with Gasteiger partial charge in [0.25, 0.3) is 0 Å². The van der Waals surface area contributed by atoms with Gasteiger partial charge in [0.15, 0.2) is 11.5 Å². The number of aryl methyl sites for hydroxylation is 1. The van der Waals surface area contributed by atoms with Crippen molar-refractivity contribution in [1.29, 1.82) is 0 Å². The Bertz CT molecular complexity index is 1090. The van der Waals surface area contributed by atoms with E-state index in [1.54, 1.807) is 27.9 Å². The van der Waals surface area contributed by atoms with Gasteiger partial charge in [0.1, 0.15) is 17.3 Å². The molecule has 9 heteroatoms. The summed E-state index contributed by atoms with van der Waals surface area (Å²) in [6.45, 7) is 7.92. The van der Waals surface area contributed by atoms with Crippen molar-refractivity contribution in [3.8, 4) is 5.88 Å². The summed E-state index contributed by atoms with van der Waals surface area (Å²) >= 11 is 0. The highest BCUT2D eigenvalue weighted by Crippen LogP contribution is 2.40. The molecule has 1 aliphatic heterocycles. The van der Waals surface area contributed by atoms with Crippen LogP contribution in [0, 0.1) is 6.92 Å². The molecule has 0 spiro atoms. The SMILES string of the molecule is CN=C(C)N(C)OC=O.Cc1nc(N)c2c(n1)OC(C)(C)C(c1ccc(C3CCCCC3)cc1)=N2. The number of hydrogen-bond acceptors (Lipinski definition) is 8.